The summed E-state index contributed by atoms with van der Waals surface area (Å²) in [4.78, 5) is 0. The van der Waals surface area contributed by atoms with Crippen molar-refractivity contribution in [2.24, 2.45) is 0 Å². The molecule has 0 nitrogen and oxygen atoms in total. The van der Waals surface area contributed by atoms with Crippen LogP contribution in [-0.4, -0.2) is 0 Å². The molecule has 0 fully saturated rings. The molecule has 0 saturated heterocycles. The third-order valence-electron chi connectivity index (χ3n) is 2.32. The summed E-state index contributed by atoms with van der Waals surface area (Å²) in [5, 5.41) is 0. The van der Waals surface area contributed by atoms with Crippen LogP contribution < -0.4 is 0 Å². The lowest BCUT2D eigenvalue weighted by Gasteiger charge is -2.03. The van der Waals surface area contributed by atoms with Crippen LogP contribution in [0, 0.1) is 0 Å². The summed E-state index contributed by atoms with van der Waals surface area (Å²) in [5.74, 6) is 0.547. The first kappa shape index (κ1) is 14.3. The second-order valence-electron chi connectivity index (χ2n) is 4.04. The molecule has 0 N–H and O–H groups in total. The lowest BCUT2D eigenvalue weighted by atomic mass is 10.0. The van der Waals surface area contributed by atoms with Crippen molar-refractivity contribution >= 4 is 6.08 Å². The third kappa shape index (κ3) is 5.89. The van der Waals surface area contributed by atoms with Crippen LogP contribution in [-0.2, 0) is 0 Å². The summed E-state index contributed by atoms with van der Waals surface area (Å²) in [6, 6.07) is 8.35. The van der Waals surface area contributed by atoms with Crippen LogP contribution in [0.5, 0.6) is 0 Å². The van der Waals surface area contributed by atoms with Gasteiger partial charge in [0, 0.05) is 0 Å². The van der Waals surface area contributed by atoms with E-state index in [1.807, 2.05) is 6.08 Å². The van der Waals surface area contributed by atoms with Crippen molar-refractivity contribution in [3.05, 3.63) is 87.8 Å². The van der Waals surface area contributed by atoms with Gasteiger partial charge < -0.3 is 0 Å². The van der Waals surface area contributed by atoms with Gasteiger partial charge >= 0.3 is 0 Å². The fourth-order valence-corrected chi connectivity index (χ4v) is 1.30. The van der Waals surface area contributed by atoms with E-state index in [0.29, 0.717) is 5.92 Å². The van der Waals surface area contributed by atoms with Gasteiger partial charge in [-0.3, -0.25) is 0 Å². The average Bonchev–Trinajstić information content (AvgIpc) is 2.42. The van der Waals surface area contributed by atoms with Gasteiger partial charge in [0.15, 0.2) is 0 Å². The van der Waals surface area contributed by atoms with Gasteiger partial charge in [-0.1, -0.05) is 49.6 Å². The molecule has 90 valence electrons. The number of hydrogen-bond acceptors (Lipinski definition) is 0. The SMILES string of the molecule is C=C=C=C=C=C=C=C=C=Cc1ccc(C(C)C)cc1. The molecule has 0 radical (unpaired) electrons. The molecule has 1 rings (SSSR count). The van der Waals surface area contributed by atoms with Crippen molar-refractivity contribution in [1.82, 2.24) is 0 Å². The molecule has 1 aromatic carbocycles. The predicted molar refractivity (Wildman–Crippen MR) is 78.7 cm³/mol. The zero-order valence-corrected chi connectivity index (χ0v) is 11.2. The molecule has 0 bridgehead atoms. The van der Waals surface area contributed by atoms with E-state index in [-0.39, 0.29) is 0 Å². The second kappa shape index (κ2) is 8.31. The Labute approximate surface area is 114 Å². The Bertz CT molecular complexity index is 723. The Hall–Kier alpha value is -2.80. The zero-order valence-electron chi connectivity index (χ0n) is 11.2. The molecule has 0 aliphatic rings. The summed E-state index contributed by atoms with van der Waals surface area (Å²) in [6.45, 7) is 7.69. The number of rotatable bonds is 2. The molecule has 0 heterocycles. The van der Waals surface area contributed by atoms with E-state index >= 15 is 0 Å². The average molecular weight is 242 g/mol. The Morgan fingerprint density at radius 3 is 2.05 bits per heavy atom. The van der Waals surface area contributed by atoms with E-state index in [0.717, 1.165) is 5.56 Å². The van der Waals surface area contributed by atoms with E-state index in [1.54, 1.807) is 0 Å². The van der Waals surface area contributed by atoms with Gasteiger partial charge in [0.1, 0.15) is 0 Å². The summed E-state index contributed by atoms with van der Waals surface area (Å²) < 4.78 is 0. The third-order valence-corrected chi connectivity index (χ3v) is 2.32. The van der Waals surface area contributed by atoms with E-state index in [2.05, 4.69) is 90.5 Å². The maximum Gasteiger partial charge on any atom is -0.0000224 e. The molecule has 0 spiro atoms. The van der Waals surface area contributed by atoms with Crippen LogP contribution in [0.3, 0.4) is 0 Å². The van der Waals surface area contributed by atoms with Crippen molar-refractivity contribution in [2.45, 2.75) is 19.8 Å². The monoisotopic (exact) mass is 242 g/mol. The van der Waals surface area contributed by atoms with Crippen molar-refractivity contribution < 1.29 is 0 Å². The highest BCUT2D eigenvalue weighted by Gasteiger charge is 1.96. The summed E-state index contributed by atoms with van der Waals surface area (Å²) in [6.07, 6.45) is 1.84. The van der Waals surface area contributed by atoms with Crippen LogP contribution >= 0.6 is 0 Å². The van der Waals surface area contributed by atoms with Gasteiger partial charge in [-0.25, -0.2) is 0 Å². The van der Waals surface area contributed by atoms with E-state index in [4.69, 9.17) is 0 Å². The molecule has 1 aromatic rings. The fraction of sp³-hybridized carbons (Fsp3) is 0.158. The minimum atomic E-state index is 0.547. The maximum absolute atomic E-state index is 3.34. The predicted octanol–water partition coefficient (Wildman–Crippen LogP) is 4.69. The second-order valence-corrected chi connectivity index (χ2v) is 4.04. The van der Waals surface area contributed by atoms with Crippen LogP contribution in [0.15, 0.2) is 76.7 Å². The van der Waals surface area contributed by atoms with Crippen molar-refractivity contribution in [3.8, 4) is 0 Å². The molecule has 0 heteroatoms. The maximum atomic E-state index is 3.34. The standard InChI is InChI=1S/C19H14/c1-4-5-6-7-8-9-10-11-12-18-13-15-19(16-14-18)17(2)3/h12-17H,1H2,2-3H3. The quantitative estimate of drug-likeness (QED) is 0.660. The van der Waals surface area contributed by atoms with Gasteiger partial charge in [0.25, 0.3) is 0 Å². The van der Waals surface area contributed by atoms with Crippen molar-refractivity contribution in [1.29, 1.82) is 0 Å². The highest BCUT2D eigenvalue weighted by Crippen LogP contribution is 2.14. The molecular weight excluding hydrogens is 228 g/mol. The Balaban J connectivity index is 3.00. The molecule has 0 aromatic heterocycles. The number of hydrogen-bond donors (Lipinski definition) is 0. The Kier molecular flexibility index (Phi) is 6.24. The van der Waals surface area contributed by atoms with Gasteiger partial charge in [-0.05, 0) is 64.1 Å². The summed E-state index contributed by atoms with van der Waals surface area (Å²) >= 11 is 0. The summed E-state index contributed by atoms with van der Waals surface area (Å²) in [5.41, 5.74) is 23.2. The highest BCUT2D eigenvalue weighted by atomic mass is 14.0. The molecule has 0 aliphatic carbocycles. The normalized spacial score (nSPS) is 7.53. The first-order chi connectivity index (χ1) is 9.24. The molecule has 19 heavy (non-hydrogen) atoms. The lowest BCUT2D eigenvalue weighted by Crippen LogP contribution is -1.85. The largest absolute Gasteiger partial charge is 0.0687 e. The van der Waals surface area contributed by atoms with Gasteiger partial charge in [-0.15, -0.1) is 0 Å². The molecule has 0 amide bonds. The van der Waals surface area contributed by atoms with E-state index in [1.165, 1.54) is 5.56 Å². The fourth-order valence-electron chi connectivity index (χ4n) is 1.30. The lowest BCUT2D eigenvalue weighted by molar-refractivity contribution is 0.866. The highest BCUT2D eigenvalue weighted by molar-refractivity contribution is 5.49. The van der Waals surface area contributed by atoms with E-state index < -0.39 is 0 Å². The molecule has 0 unspecified atom stereocenters. The topological polar surface area (TPSA) is 0 Å². The summed E-state index contributed by atoms with van der Waals surface area (Å²) in [7, 11) is 0. The first-order valence-corrected chi connectivity index (χ1v) is 5.95. The molecular formula is C19H14. The van der Waals surface area contributed by atoms with Crippen LogP contribution in [0.25, 0.3) is 6.08 Å². The van der Waals surface area contributed by atoms with E-state index in [9.17, 15) is 0 Å². The number of benzene rings is 1. The first-order valence-electron chi connectivity index (χ1n) is 5.95. The van der Waals surface area contributed by atoms with Gasteiger partial charge in [-0.2, -0.15) is 0 Å². The van der Waals surface area contributed by atoms with Crippen molar-refractivity contribution in [2.75, 3.05) is 0 Å². The zero-order chi connectivity index (χ0) is 13.9. The van der Waals surface area contributed by atoms with Crippen LogP contribution in [0.4, 0.5) is 0 Å². The Morgan fingerprint density at radius 1 is 0.895 bits per heavy atom. The minimum Gasteiger partial charge on any atom is -0.0687 e. The minimum absolute atomic E-state index is 0.547. The van der Waals surface area contributed by atoms with Crippen LogP contribution in [0.2, 0.25) is 0 Å². The van der Waals surface area contributed by atoms with Gasteiger partial charge in [0.2, 0.25) is 0 Å². The van der Waals surface area contributed by atoms with Crippen LogP contribution in [0.1, 0.15) is 30.9 Å². The van der Waals surface area contributed by atoms with Crippen molar-refractivity contribution in [3.63, 3.8) is 0 Å². The molecule has 0 aliphatic heterocycles. The Morgan fingerprint density at radius 2 is 1.47 bits per heavy atom. The smallest absolute Gasteiger partial charge is 0.0000224 e. The van der Waals surface area contributed by atoms with Gasteiger partial charge in [0.05, 0.1) is 0 Å². The molecule has 0 saturated carbocycles. The molecule has 0 atom stereocenters.